The van der Waals surface area contributed by atoms with Crippen molar-refractivity contribution < 1.29 is 19.8 Å². The Morgan fingerprint density at radius 1 is 1.38 bits per heavy atom. The van der Waals surface area contributed by atoms with Crippen molar-refractivity contribution in [1.29, 1.82) is 0 Å². The number of carboxylic acid groups (broad SMARTS) is 1. The van der Waals surface area contributed by atoms with E-state index in [1.54, 1.807) is 4.90 Å². The lowest BCUT2D eigenvalue weighted by molar-refractivity contribution is 0.0694. The first-order chi connectivity index (χ1) is 9.88. The molecule has 0 spiro atoms. The van der Waals surface area contributed by atoms with Crippen molar-refractivity contribution in [2.75, 3.05) is 11.9 Å². The number of carbonyl (C=O) groups is 2. The maximum atomic E-state index is 12.3. The number of hydrogen-bond donors (Lipinski definition) is 3. The number of urea groups is 1. The van der Waals surface area contributed by atoms with Crippen LogP contribution in [-0.4, -0.2) is 39.7 Å². The normalized spacial score (nSPS) is 14.0. The zero-order valence-corrected chi connectivity index (χ0v) is 12.2. The Morgan fingerprint density at radius 2 is 2.05 bits per heavy atom. The number of anilines is 1. The van der Waals surface area contributed by atoms with Crippen LogP contribution in [0.3, 0.4) is 0 Å². The Morgan fingerprint density at radius 3 is 2.52 bits per heavy atom. The molecular weight excluding hydrogens is 272 g/mol. The molecule has 21 heavy (non-hydrogen) atoms. The molecule has 1 aromatic carbocycles. The molecule has 0 atom stereocenters. The van der Waals surface area contributed by atoms with E-state index in [1.165, 1.54) is 18.2 Å². The first-order valence-corrected chi connectivity index (χ1v) is 7.02. The fraction of sp³-hybridized carbons (Fsp3) is 0.467. The molecule has 0 heterocycles. The van der Waals surface area contributed by atoms with Crippen molar-refractivity contribution in [3.05, 3.63) is 23.8 Å². The van der Waals surface area contributed by atoms with Crippen LogP contribution in [-0.2, 0) is 0 Å². The molecule has 0 aliphatic heterocycles. The average molecular weight is 292 g/mol. The molecule has 0 aromatic heterocycles. The van der Waals surface area contributed by atoms with E-state index in [0.29, 0.717) is 24.2 Å². The maximum Gasteiger partial charge on any atom is 0.339 e. The Balaban J connectivity index is 2.07. The molecule has 0 bridgehead atoms. The van der Waals surface area contributed by atoms with Crippen LogP contribution in [0.25, 0.3) is 0 Å². The molecule has 114 valence electrons. The molecule has 1 aromatic rings. The summed E-state index contributed by atoms with van der Waals surface area (Å²) >= 11 is 0. The van der Waals surface area contributed by atoms with Gasteiger partial charge in [0.15, 0.2) is 0 Å². The van der Waals surface area contributed by atoms with Crippen molar-refractivity contribution in [2.24, 2.45) is 5.92 Å². The van der Waals surface area contributed by atoms with Gasteiger partial charge in [0.25, 0.3) is 0 Å². The standard InChI is InChI=1S/C15H20N2O4/c1-9(2)8-17(11-4-5-11)15(21)16-10-3-6-12(14(19)20)13(18)7-10/h3,6-7,9,11,18H,4-5,8H2,1-2H3,(H,16,21)(H,19,20). The van der Waals surface area contributed by atoms with Gasteiger partial charge in [0.1, 0.15) is 11.3 Å². The van der Waals surface area contributed by atoms with Gasteiger partial charge in [-0.15, -0.1) is 0 Å². The van der Waals surface area contributed by atoms with Gasteiger partial charge in [0, 0.05) is 24.3 Å². The first kappa shape index (κ1) is 15.2. The third kappa shape index (κ3) is 3.87. The van der Waals surface area contributed by atoms with Crippen LogP contribution < -0.4 is 5.32 Å². The van der Waals surface area contributed by atoms with E-state index in [9.17, 15) is 14.7 Å². The van der Waals surface area contributed by atoms with Crippen molar-refractivity contribution in [2.45, 2.75) is 32.7 Å². The number of amides is 2. The number of benzene rings is 1. The van der Waals surface area contributed by atoms with Crippen LogP contribution >= 0.6 is 0 Å². The number of aromatic hydroxyl groups is 1. The number of hydrogen-bond acceptors (Lipinski definition) is 3. The van der Waals surface area contributed by atoms with Crippen molar-refractivity contribution in [3.63, 3.8) is 0 Å². The van der Waals surface area contributed by atoms with E-state index in [1.807, 2.05) is 0 Å². The lowest BCUT2D eigenvalue weighted by atomic mass is 10.2. The summed E-state index contributed by atoms with van der Waals surface area (Å²) in [7, 11) is 0. The molecule has 6 heteroatoms. The average Bonchev–Trinajstić information content (AvgIpc) is 3.19. The zero-order valence-electron chi connectivity index (χ0n) is 12.2. The summed E-state index contributed by atoms with van der Waals surface area (Å²) in [6.07, 6.45) is 2.03. The van der Waals surface area contributed by atoms with Gasteiger partial charge in [0.2, 0.25) is 0 Å². The molecule has 1 aliphatic carbocycles. The van der Waals surface area contributed by atoms with Crippen molar-refractivity contribution in [3.8, 4) is 5.75 Å². The highest BCUT2D eigenvalue weighted by atomic mass is 16.4. The highest BCUT2D eigenvalue weighted by Crippen LogP contribution is 2.29. The largest absolute Gasteiger partial charge is 0.507 e. The van der Waals surface area contributed by atoms with Gasteiger partial charge in [-0.1, -0.05) is 13.8 Å². The number of carbonyl (C=O) groups excluding carboxylic acids is 1. The molecule has 6 nitrogen and oxygen atoms in total. The summed E-state index contributed by atoms with van der Waals surface area (Å²) in [6, 6.07) is 4.08. The summed E-state index contributed by atoms with van der Waals surface area (Å²) in [5.74, 6) is -1.19. The Bertz CT molecular complexity index is 553. The molecule has 0 radical (unpaired) electrons. The number of nitrogens with one attached hydrogen (secondary N) is 1. The maximum absolute atomic E-state index is 12.3. The van der Waals surface area contributed by atoms with E-state index >= 15 is 0 Å². The minimum atomic E-state index is -1.20. The third-order valence-corrected chi connectivity index (χ3v) is 3.29. The fourth-order valence-electron chi connectivity index (χ4n) is 2.16. The van der Waals surface area contributed by atoms with Crippen LogP contribution in [0.15, 0.2) is 18.2 Å². The van der Waals surface area contributed by atoms with Crippen LogP contribution in [0.2, 0.25) is 0 Å². The van der Waals surface area contributed by atoms with Gasteiger partial charge in [-0.05, 0) is 30.9 Å². The van der Waals surface area contributed by atoms with E-state index in [-0.39, 0.29) is 17.3 Å². The molecular formula is C15H20N2O4. The molecule has 0 saturated heterocycles. The predicted octanol–water partition coefficient (Wildman–Crippen LogP) is 2.74. The Hall–Kier alpha value is -2.24. The number of phenols is 1. The molecule has 1 saturated carbocycles. The van der Waals surface area contributed by atoms with Gasteiger partial charge in [-0.3, -0.25) is 0 Å². The lowest BCUT2D eigenvalue weighted by Gasteiger charge is -2.24. The minimum absolute atomic E-state index is 0.186. The quantitative estimate of drug-likeness (QED) is 0.778. The second-order valence-electron chi connectivity index (χ2n) is 5.74. The molecule has 0 unspecified atom stereocenters. The highest BCUT2D eigenvalue weighted by Gasteiger charge is 2.32. The zero-order chi connectivity index (χ0) is 15.6. The number of aromatic carboxylic acids is 1. The van der Waals surface area contributed by atoms with Crippen molar-refractivity contribution in [1.82, 2.24) is 4.90 Å². The predicted molar refractivity (Wildman–Crippen MR) is 78.7 cm³/mol. The smallest absolute Gasteiger partial charge is 0.339 e. The van der Waals surface area contributed by atoms with Crippen LogP contribution in [0.1, 0.15) is 37.0 Å². The summed E-state index contributed by atoms with van der Waals surface area (Å²) in [5, 5.41) is 21.2. The molecule has 3 N–H and O–H groups in total. The van der Waals surface area contributed by atoms with Crippen LogP contribution in [0.5, 0.6) is 5.75 Å². The second-order valence-corrected chi connectivity index (χ2v) is 5.74. The van der Waals surface area contributed by atoms with E-state index < -0.39 is 5.97 Å². The lowest BCUT2D eigenvalue weighted by Crippen LogP contribution is -2.39. The number of carboxylic acids is 1. The van der Waals surface area contributed by atoms with Crippen LogP contribution in [0, 0.1) is 5.92 Å². The monoisotopic (exact) mass is 292 g/mol. The first-order valence-electron chi connectivity index (χ1n) is 7.02. The Labute approximate surface area is 123 Å². The van der Waals surface area contributed by atoms with E-state index in [2.05, 4.69) is 19.2 Å². The summed E-state index contributed by atoms with van der Waals surface area (Å²) in [6.45, 7) is 4.78. The fourth-order valence-corrected chi connectivity index (χ4v) is 2.16. The van der Waals surface area contributed by atoms with E-state index in [4.69, 9.17) is 5.11 Å². The Kier molecular flexibility index (Phi) is 4.35. The second kappa shape index (κ2) is 6.03. The summed E-state index contributed by atoms with van der Waals surface area (Å²) < 4.78 is 0. The van der Waals surface area contributed by atoms with Gasteiger partial charge >= 0.3 is 12.0 Å². The molecule has 1 fully saturated rings. The molecule has 1 aliphatic rings. The molecule has 2 amide bonds. The van der Waals surface area contributed by atoms with Gasteiger partial charge in [-0.2, -0.15) is 0 Å². The van der Waals surface area contributed by atoms with Crippen LogP contribution in [0.4, 0.5) is 10.5 Å². The molecule has 2 rings (SSSR count). The summed E-state index contributed by atoms with van der Waals surface area (Å²) in [4.78, 5) is 24.9. The third-order valence-electron chi connectivity index (χ3n) is 3.29. The minimum Gasteiger partial charge on any atom is -0.507 e. The van der Waals surface area contributed by atoms with Gasteiger partial charge in [0.05, 0.1) is 0 Å². The van der Waals surface area contributed by atoms with Gasteiger partial charge in [-0.25, -0.2) is 9.59 Å². The SMILES string of the molecule is CC(C)CN(C(=O)Nc1ccc(C(=O)O)c(O)c1)C1CC1. The van der Waals surface area contributed by atoms with Crippen molar-refractivity contribution >= 4 is 17.7 Å². The van der Waals surface area contributed by atoms with Gasteiger partial charge < -0.3 is 20.4 Å². The van der Waals surface area contributed by atoms with E-state index in [0.717, 1.165) is 12.8 Å². The topological polar surface area (TPSA) is 89.9 Å². The summed E-state index contributed by atoms with van der Waals surface area (Å²) in [5.41, 5.74) is 0.200. The number of rotatable bonds is 5. The highest BCUT2D eigenvalue weighted by molar-refractivity contribution is 5.94. The number of nitrogens with zero attached hydrogens (tertiary/aromatic N) is 1.